The minimum absolute atomic E-state index is 0.0649. The molecule has 8 heteroatoms. The minimum atomic E-state index is -0.509. The molecule has 0 radical (unpaired) electrons. The second-order valence-electron chi connectivity index (χ2n) is 8.35. The molecule has 2 heterocycles. The van der Waals surface area contributed by atoms with E-state index >= 15 is 0 Å². The fourth-order valence-corrected chi connectivity index (χ4v) is 5.14. The first-order valence-electron chi connectivity index (χ1n) is 11.4. The van der Waals surface area contributed by atoms with Crippen LogP contribution in [-0.2, 0) is 17.8 Å². The Morgan fingerprint density at radius 1 is 1.24 bits per heavy atom. The smallest absolute Gasteiger partial charge is 0.308 e. The van der Waals surface area contributed by atoms with E-state index in [1.54, 1.807) is 4.57 Å². The predicted molar refractivity (Wildman–Crippen MR) is 130 cm³/mol. The molecule has 0 spiro atoms. The van der Waals surface area contributed by atoms with Crippen molar-refractivity contribution >= 4 is 27.5 Å². The number of rotatable bonds is 8. The van der Waals surface area contributed by atoms with E-state index in [4.69, 9.17) is 0 Å². The molecule has 0 unspecified atom stereocenters. The van der Waals surface area contributed by atoms with Gasteiger partial charge in [-0.2, -0.15) is 5.26 Å². The quantitative estimate of drug-likeness (QED) is 0.475. The molecule has 1 amide bonds. The summed E-state index contributed by atoms with van der Waals surface area (Å²) in [6.45, 7) is 1.06. The van der Waals surface area contributed by atoms with Crippen LogP contribution in [0, 0.1) is 11.3 Å². The van der Waals surface area contributed by atoms with Crippen LogP contribution in [0.3, 0.4) is 0 Å². The number of aromatic nitrogens is 1. The molecular weight excluding hydrogens is 436 g/mol. The van der Waals surface area contributed by atoms with E-state index in [1.165, 1.54) is 11.3 Å². The molecule has 0 aliphatic carbocycles. The average molecular weight is 465 g/mol. The fourth-order valence-electron chi connectivity index (χ4n) is 4.25. The number of amides is 1. The normalized spacial score (nSPS) is 16.9. The highest BCUT2D eigenvalue weighted by Crippen LogP contribution is 2.26. The van der Waals surface area contributed by atoms with Gasteiger partial charge in [-0.25, -0.2) is 0 Å². The summed E-state index contributed by atoms with van der Waals surface area (Å²) in [7, 11) is 0. The van der Waals surface area contributed by atoms with E-state index in [-0.39, 0.29) is 30.0 Å². The summed E-state index contributed by atoms with van der Waals surface area (Å²) in [6.07, 6.45) is 4.19. The lowest BCUT2D eigenvalue weighted by atomic mass is 10.00. The minimum Gasteiger partial charge on any atom is -0.395 e. The van der Waals surface area contributed by atoms with Crippen molar-refractivity contribution in [1.82, 2.24) is 15.2 Å². The molecular formula is C25H28N4O3S. The lowest BCUT2D eigenvalue weighted by Gasteiger charge is -2.23. The standard InChI is InChI=1S/C25H28N4O3S/c26-16-20(28-24(31)21-3-1-2-12-27-21)10-6-17-4-7-18(8-5-17)19-9-11-23-22(15-19)29(13-14-30)25(32)33-23/h4-5,7-9,11,15,20-21,27,30H,1-3,6,10,12-14H2,(H,28,31)/t20-,21-/m0/s1. The summed E-state index contributed by atoms with van der Waals surface area (Å²) >= 11 is 1.19. The molecule has 2 atom stereocenters. The van der Waals surface area contributed by atoms with Gasteiger partial charge in [0, 0.05) is 0 Å². The fraction of sp³-hybridized carbons (Fsp3) is 0.400. The topological polar surface area (TPSA) is 107 Å². The molecule has 1 saturated heterocycles. The van der Waals surface area contributed by atoms with Crippen molar-refractivity contribution in [3.8, 4) is 17.2 Å². The largest absolute Gasteiger partial charge is 0.395 e. The number of hydrogen-bond acceptors (Lipinski definition) is 6. The van der Waals surface area contributed by atoms with E-state index in [0.29, 0.717) is 12.8 Å². The van der Waals surface area contributed by atoms with Crippen LogP contribution in [-0.4, -0.2) is 40.8 Å². The van der Waals surface area contributed by atoms with Crippen LogP contribution in [0.15, 0.2) is 47.3 Å². The highest BCUT2D eigenvalue weighted by atomic mass is 32.1. The van der Waals surface area contributed by atoms with Gasteiger partial charge in [-0.3, -0.25) is 14.2 Å². The zero-order valence-corrected chi connectivity index (χ0v) is 19.2. The Labute approximate surface area is 196 Å². The predicted octanol–water partition coefficient (Wildman–Crippen LogP) is 2.81. The van der Waals surface area contributed by atoms with Crippen molar-refractivity contribution in [1.29, 1.82) is 5.26 Å². The Morgan fingerprint density at radius 3 is 2.73 bits per heavy atom. The number of hydrogen-bond donors (Lipinski definition) is 3. The van der Waals surface area contributed by atoms with Gasteiger partial charge in [0.2, 0.25) is 5.91 Å². The number of benzene rings is 2. The molecule has 1 aromatic heterocycles. The molecule has 7 nitrogen and oxygen atoms in total. The number of aliphatic hydroxyl groups is 1. The number of nitrogens with zero attached hydrogens (tertiary/aromatic N) is 2. The lowest BCUT2D eigenvalue weighted by molar-refractivity contribution is -0.124. The highest BCUT2D eigenvalue weighted by molar-refractivity contribution is 7.16. The van der Waals surface area contributed by atoms with E-state index in [2.05, 4.69) is 16.7 Å². The van der Waals surface area contributed by atoms with E-state index in [9.17, 15) is 20.0 Å². The van der Waals surface area contributed by atoms with Crippen LogP contribution in [0.25, 0.3) is 21.3 Å². The van der Waals surface area contributed by atoms with Gasteiger partial charge in [0.1, 0.15) is 6.04 Å². The van der Waals surface area contributed by atoms with Gasteiger partial charge in [0.05, 0.1) is 35.5 Å². The molecule has 4 rings (SSSR count). The first-order valence-corrected chi connectivity index (χ1v) is 12.2. The molecule has 1 aliphatic heterocycles. The van der Waals surface area contributed by atoms with Gasteiger partial charge in [-0.1, -0.05) is 48.1 Å². The molecule has 0 bridgehead atoms. The number of aliphatic hydroxyl groups excluding tert-OH is 1. The monoisotopic (exact) mass is 464 g/mol. The van der Waals surface area contributed by atoms with Crippen LogP contribution < -0.4 is 15.5 Å². The third kappa shape index (κ3) is 5.50. The van der Waals surface area contributed by atoms with Crippen LogP contribution in [0.5, 0.6) is 0 Å². The Kier molecular flexibility index (Phi) is 7.55. The van der Waals surface area contributed by atoms with Crippen molar-refractivity contribution in [3.63, 3.8) is 0 Å². The lowest BCUT2D eigenvalue weighted by Crippen LogP contribution is -2.49. The number of carbonyl (C=O) groups is 1. The van der Waals surface area contributed by atoms with Crippen LogP contribution in [0.2, 0.25) is 0 Å². The van der Waals surface area contributed by atoms with Gasteiger partial charge in [0.25, 0.3) is 0 Å². The van der Waals surface area contributed by atoms with Gasteiger partial charge in [0.15, 0.2) is 0 Å². The Balaban J connectivity index is 1.39. The molecule has 1 fully saturated rings. The summed E-state index contributed by atoms with van der Waals surface area (Å²) in [5.74, 6) is -0.0832. The summed E-state index contributed by atoms with van der Waals surface area (Å²) in [6, 6.07) is 15.6. The summed E-state index contributed by atoms with van der Waals surface area (Å²) in [5, 5.41) is 24.8. The number of fused-ring (bicyclic) bond motifs is 1. The Hall–Kier alpha value is -2.99. The zero-order chi connectivity index (χ0) is 23.2. The first kappa shape index (κ1) is 23.2. The average Bonchev–Trinajstić information content (AvgIpc) is 3.17. The molecule has 3 aromatic rings. The highest BCUT2D eigenvalue weighted by Gasteiger charge is 2.22. The molecule has 3 N–H and O–H groups in total. The number of thiazole rings is 1. The first-order chi connectivity index (χ1) is 16.1. The molecule has 1 aliphatic rings. The Bertz CT molecular complexity index is 1200. The van der Waals surface area contributed by atoms with Crippen molar-refractivity contribution in [2.75, 3.05) is 13.2 Å². The SMILES string of the molecule is N#C[C@H](CCc1ccc(-c2ccc3sc(=O)n(CCO)c3c2)cc1)NC(=O)[C@@H]1CCCCN1. The van der Waals surface area contributed by atoms with Crippen LogP contribution in [0.4, 0.5) is 0 Å². The second-order valence-corrected chi connectivity index (χ2v) is 9.35. The number of aryl methyl sites for hydroxylation is 1. The molecule has 2 aromatic carbocycles. The van der Waals surface area contributed by atoms with Crippen molar-refractivity contribution in [3.05, 3.63) is 57.7 Å². The van der Waals surface area contributed by atoms with Crippen LogP contribution in [0.1, 0.15) is 31.2 Å². The van der Waals surface area contributed by atoms with Gasteiger partial charge >= 0.3 is 4.87 Å². The van der Waals surface area contributed by atoms with Crippen molar-refractivity contribution in [2.45, 2.75) is 50.7 Å². The Morgan fingerprint density at radius 2 is 2.03 bits per heavy atom. The number of piperidine rings is 1. The maximum absolute atomic E-state index is 12.4. The third-order valence-corrected chi connectivity index (χ3v) is 7.06. The van der Waals surface area contributed by atoms with E-state index in [1.807, 2.05) is 42.5 Å². The van der Waals surface area contributed by atoms with E-state index in [0.717, 1.165) is 52.7 Å². The van der Waals surface area contributed by atoms with Gasteiger partial charge < -0.3 is 15.7 Å². The number of nitrogens with one attached hydrogen (secondary N) is 2. The summed E-state index contributed by atoms with van der Waals surface area (Å²) in [5.41, 5.74) is 3.96. The van der Waals surface area contributed by atoms with Crippen LogP contribution >= 0.6 is 11.3 Å². The van der Waals surface area contributed by atoms with Gasteiger partial charge in [-0.15, -0.1) is 0 Å². The maximum atomic E-state index is 12.4. The molecule has 172 valence electrons. The van der Waals surface area contributed by atoms with Gasteiger partial charge in [-0.05, 0) is 61.1 Å². The van der Waals surface area contributed by atoms with Crippen molar-refractivity contribution in [2.24, 2.45) is 0 Å². The maximum Gasteiger partial charge on any atom is 0.308 e. The number of nitriles is 1. The summed E-state index contributed by atoms with van der Waals surface area (Å²) in [4.78, 5) is 24.5. The molecule has 0 saturated carbocycles. The summed E-state index contributed by atoms with van der Waals surface area (Å²) < 4.78 is 2.51. The second kappa shape index (κ2) is 10.8. The third-order valence-electron chi connectivity index (χ3n) is 6.10. The van der Waals surface area contributed by atoms with Crippen molar-refractivity contribution < 1.29 is 9.90 Å². The van der Waals surface area contributed by atoms with E-state index < -0.39 is 6.04 Å². The number of carbonyl (C=O) groups excluding carboxylic acids is 1. The zero-order valence-electron chi connectivity index (χ0n) is 18.4. The molecule has 33 heavy (non-hydrogen) atoms.